The van der Waals surface area contributed by atoms with Crippen LogP contribution in [0.25, 0.3) is 10.9 Å². The lowest BCUT2D eigenvalue weighted by atomic mass is 9.99. The summed E-state index contributed by atoms with van der Waals surface area (Å²) < 4.78 is 13.2. The Morgan fingerprint density at radius 1 is 1.06 bits per heavy atom. The molecule has 0 aliphatic carbocycles. The van der Waals surface area contributed by atoms with E-state index in [1.807, 2.05) is 7.05 Å². The number of benzene rings is 2. The van der Waals surface area contributed by atoms with Gasteiger partial charge in [0, 0.05) is 37.8 Å². The fourth-order valence-corrected chi connectivity index (χ4v) is 3.73. The minimum absolute atomic E-state index is 0.0382. The third kappa shape index (κ3) is 4.53. The van der Waals surface area contributed by atoms with E-state index >= 15 is 0 Å². The van der Waals surface area contributed by atoms with E-state index in [4.69, 9.17) is 0 Å². The van der Waals surface area contributed by atoms with Gasteiger partial charge >= 0.3 is 5.97 Å². The second kappa shape index (κ2) is 8.89. The quantitative estimate of drug-likeness (QED) is 0.561. The first-order chi connectivity index (χ1) is 15.3. The number of likely N-dealkylation sites (N-methyl/N-ethyl adjacent to an activating group) is 1. The van der Waals surface area contributed by atoms with Crippen molar-refractivity contribution < 1.29 is 24.2 Å². The molecule has 1 aliphatic rings. The fraction of sp³-hybridized carbons (Fsp3) is 0.261. The van der Waals surface area contributed by atoms with Crippen LogP contribution in [0.3, 0.4) is 0 Å². The first kappa shape index (κ1) is 21.7. The van der Waals surface area contributed by atoms with Gasteiger partial charge in [-0.2, -0.15) is 0 Å². The third-order valence-corrected chi connectivity index (χ3v) is 5.56. The van der Waals surface area contributed by atoms with Gasteiger partial charge in [0.2, 0.25) is 0 Å². The fourth-order valence-electron chi connectivity index (χ4n) is 3.73. The number of carboxylic acids is 1. The van der Waals surface area contributed by atoms with Crippen molar-refractivity contribution in [1.29, 1.82) is 0 Å². The lowest BCUT2D eigenvalue weighted by Gasteiger charge is -2.32. The van der Waals surface area contributed by atoms with Crippen molar-refractivity contribution in [2.24, 2.45) is 0 Å². The smallest absolute Gasteiger partial charge is 0.339 e. The van der Waals surface area contributed by atoms with Gasteiger partial charge in [0.25, 0.3) is 5.91 Å². The van der Waals surface area contributed by atoms with Crippen LogP contribution in [0.4, 0.5) is 4.39 Å². The number of aromatic hydroxyl groups is 1. The molecule has 0 radical (unpaired) electrons. The molecule has 1 amide bonds. The Labute approximate surface area is 183 Å². The summed E-state index contributed by atoms with van der Waals surface area (Å²) in [5, 5.41) is 22.1. The highest BCUT2D eigenvalue weighted by atomic mass is 19.1. The maximum Gasteiger partial charge on any atom is 0.339 e. The average Bonchev–Trinajstić information content (AvgIpc) is 2.77. The molecular formula is C23H23FN4O4. The second-order valence-electron chi connectivity index (χ2n) is 7.90. The molecule has 0 bridgehead atoms. The zero-order chi connectivity index (χ0) is 22.8. The number of aromatic nitrogens is 1. The van der Waals surface area contributed by atoms with Crippen molar-refractivity contribution in [3.05, 3.63) is 70.7 Å². The molecule has 1 fully saturated rings. The number of carbonyl (C=O) groups excluding carboxylic acids is 1. The van der Waals surface area contributed by atoms with Crippen LogP contribution in [0.5, 0.6) is 5.75 Å². The predicted octanol–water partition coefficient (Wildman–Crippen LogP) is 2.26. The highest BCUT2D eigenvalue weighted by Gasteiger charge is 2.23. The summed E-state index contributed by atoms with van der Waals surface area (Å²) in [6.07, 6.45) is 1.95. The number of nitrogens with zero attached hydrogens (tertiary/aromatic N) is 3. The van der Waals surface area contributed by atoms with Crippen LogP contribution in [0, 0.1) is 5.82 Å². The van der Waals surface area contributed by atoms with Crippen LogP contribution in [0.15, 0.2) is 42.6 Å². The molecular weight excluding hydrogens is 415 g/mol. The number of hydrogen-bond donors (Lipinski definition) is 3. The number of pyridine rings is 1. The van der Waals surface area contributed by atoms with Gasteiger partial charge in [-0.15, -0.1) is 0 Å². The molecule has 1 saturated heterocycles. The minimum Gasteiger partial charge on any atom is -0.505 e. The highest BCUT2D eigenvalue weighted by Crippen LogP contribution is 2.31. The topological polar surface area (TPSA) is 106 Å². The maximum atomic E-state index is 13.2. The summed E-state index contributed by atoms with van der Waals surface area (Å²) in [7, 11) is 2.00. The van der Waals surface area contributed by atoms with Crippen molar-refractivity contribution in [3.8, 4) is 5.75 Å². The molecule has 0 saturated carbocycles. The Hall–Kier alpha value is -3.56. The molecule has 2 aromatic carbocycles. The van der Waals surface area contributed by atoms with Gasteiger partial charge in [0.1, 0.15) is 16.9 Å². The Balaban J connectivity index is 1.72. The number of amides is 1. The van der Waals surface area contributed by atoms with Gasteiger partial charge in [0.15, 0.2) is 5.75 Å². The molecule has 2 heterocycles. The van der Waals surface area contributed by atoms with Crippen LogP contribution in [-0.4, -0.2) is 70.2 Å². The number of carboxylic acid groups (broad SMARTS) is 1. The normalized spacial score (nSPS) is 15.1. The molecule has 9 heteroatoms. The van der Waals surface area contributed by atoms with Crippen LogP contribution >= 0.6 is 0 Å². The monoisotopic (exact) mass is 438 g/mol. The van der Waals surface area contributed by atoms with E-state index in [0.29, 0.717) is 24.9 Å². The van der Waals surface area contributed by atoms with Crippen LogP contribution in [0.2, 0.25) is 0 Å². The summed E-state index contributed by atoms with van der Waals surface area (Å²) in [5.41, 5.74) is 4.18. The van der Waals surface area contributed by atoms with Gasteiger partial charge < -0.3 is 15.1 Å². The molecule has 0 unspecified atom stereocenters. The SMILES string of the molecule is CN1CCN(NC(=O)c2cc(C(=O)O)c(O)c3ncc(Cc4ccc(F)cc4)cc23)CC1. The number of phenols is 1. The molecule has 3 N–H and O–H groups in total. The zero-order valence-corrected chi connectivity index (χ0v) is 17.5. The molecule has 4 rings (SSSR count). The van der Waals surface area contributed by atoms with E-state index in [9.17, 15) is 24.2 Å². The van der Waals surface area contributed by atoms with Crippen LogP contribution in [-0.2, 0) is 6.42 Å². The number of piperazine rings is 1. The van der Waals surface area contributed by atoms with E-state index in [0.717, 1.165) is 24.2 Å². The zero-order valence-electron chi connectivity index (χ0n) is 17.5. The number of nitrogens with one attached hydrogen (secondary N) is 1. The Morgan fingerprint density at radius 3 is 2.41 bits per heavy atom. The number of rotatable bonds is 5. The third-order valence-electron chi connectivity index (χ3n) is 5.56. The number of aromatic carboxylic acids is 1. The molecule has 3 aromatic rings. The summed E-state index contributed by atoms with van der Waals surface area (Å²) >= 11 is 0. The molecule has 8 nitrogen and oxygen atoms in total. The molecule has 1 aliphatic heterocycles. The Kier molecular flexibility index (Phi) is 6.02. The van der Waals surface area contributed by atoms with Gasteiger partial charge in [-0.1, -0.05) is 12.1 Å². The van der Waals surface area contributed by atoms with E-state index < -0.39 is 17.6 Å². The van der Waals surface area contributed by atoms with Gasteiger partial charge in [-0.3, -0.25) is 15.2 Å². The molecule has 0 spiro atoms. The molecule has 166 valence electrons. The Bertz CT molecular complexity index is 1170. The first-order valence-electron chi connectivity index (χ1n) is 10.2. The van der Waals surface area contributed by atoms with E-state index in [2.05, 4.69) is 15.3 Å². The van der Waals surface area contributed by atoms with Crippen molar-refractivity contribution >= 4 is 22.8 Å². The number of hydrazine groups is 1. The first-order valence-corrected chi connectivity index (χ1v) is 10.2. The van der Waals surface area contributed by atoms with Crippen molar-refractivity contribution in [1.82, 2.24) is 20.3 Å². The minimum atomic E-state index is -1.35. The highest BCUT2D eigenvalue weighted by molar-refractivity contribution is 6.11. The maximum absolute atomic E-state index is 13.2. The van der Waals surface area contributed by atoms with Gasteiger partial charge in [0.05, 0.1) is 5.56 Å². The van der Waals surface area contributed by atoms with Crippen molar-refractivity contribution in [2.75, 3.05) is 33.2 Å². The second-order valence-corrected chi connectivity index (χ2v) is 7.90. The predicted molar refractivity (Wildman–Crippen MR) is 116 cm³/mol. The number of fused-ring (bicyclic) bond motifs is 1. The van der Waals surface area contributed by atoms with E-state index in [1.54, 1.807) is 23.2 Å². The summed E-state index contributed by atoms with van der Waals surface area (Å²) in [4.78, 5) is 31.1. The summed E-state index contributed by atoms with van der Waals surface area (Å²) in [6, 6.07) is 8.93. The average molecular weight is 438 g/mol. The molecule has 32 heavy (non-hydrogen) atoms. The van der Waals surface area contributed by atoms with Crippen LogP contribution in [0.1, 0.15) is 31.8 Å². The van der Waals surface area contributed by atoms with E-state index in [-0.39, 0.29) is 22.5 Å². The molecule has 0 atom stereocenters. The lowest BCUT2D eigenvalue weighted by Crippen LogP contribution is -2.52. The van der Waals surface area contributed by atoms with E-state index in [1.165, 1.54) is 24.4 Å². The largest absolute Gasteiger partial charge is 0.505 e. The standard InChI is InChI=1S/C23H23FN4O4/c1-27-6-8-28(9-7-27)26-22(30)18-12-19(23(31)32)21(29)20-17(18)11-15(13-25-20)10-14-2-4-16(24)5-3-14/h2-5,11-13,29H,6-10H2,1H3,(H,26,30)(H,31,32). The van der Waals surface area contributed by atoms with Crippen LogP contribution < -0.4 is 5.43 Å². The summed E-state index contributed by atoms with van der Waals surface area (Å²) in [5.74, 6) is -2.64. The number of carbonyl (C=O) groups is 2. The lowest BCUT2D eigenvalue weighted by molar-refractivity contribution is 0.0664. The molecule has 1 aromatic heterocycles. The number of hydrogen-bond acceptors (Lipinski definition) is 6. The number of halogens is 1. The Morgan fingerprint density at radius 2 is 1.75 bits per heavy atom. The van der Waals surface area contributed by atoms with Gasteiger partial charge in [-0.05, 0) is 48.9 Å². The van der Waals surface area contributed by atoms with Crippen molar-refractivity contribution in [2.45, 2.75) is 6.42 Å². The van der Waals surface area contributed by atoms with Crippen molar-refractivity contribution in [3.63, 3.8) is 0 Å². The summed E-state index contributed by atoms with van der Waals surface area (Å²) in [6.45, 7) is 2.86. The van der Waals surface area contributed by atoms with Gasteiger partial charge in [-0.25, -0.2) is 14.2 Å².